The Morgan fingerprint density at radius 2 is 2.36 bits per heavy atom. The van der Waals surface area contributed by atoms with Gasteiger partial charge in [-0.15, -0.1) is 0 Å². The number of hydrogen-bond donors (Lipinski definition) is 2. The van der Waals surface area contributed by atoms with E-state index in [-0.39, 0.29) is 11.9 Å². The van der Waals surface area contributed by atoms with Crippen molar-refractivity contribution in [3.8, 4) is 0 Å². The highest BCUT2D eigenvalue weighted by Gasteiger charge is 2.30. The van der Waals surface area contributed by atoms with Gasteiger partial charge < -0.3 is 10.6 Å². The first-order valence-electron chi connectivity index (χ1n) is 8.38. The first-order valence-corrected chi connectivity index (χ1v) is 8.38. The fraction of sp³-hybridized carbons (Fsp3) is 0.647. The van der Waals surface area contributed by atoms with E-state index < -0.39 is 0 Å². The Bertz CT molecular complexity index is 487. The lowest BCUT2D eigenvalue weighted by molar-refractivity contribution is -0.124. The molecule has 5 heteroatoms. The summed E-state index contributed by atoms with van der Waals surface area (Å²) in [4.78, 5) is 19.1. The molecule has 1 aromatic heterocycles. The summed E-state index contributed by atoms with van der Waals surface area (Å²) in [6.07, 6.45) is 4.95. The van der Waals surface area contributed by atoms with Crippen LogP contribution in [0.3, 0.4) is 0 Å². The zero-order valence-corrected chi connectivity index (χ0v) is 13.3. The number of piperidine rings is 1. The summed E-state index contributed by atoms with van der Waals surface area (Å²) >= 11 is 0. The van der Waals surface area contributed by atoms with Crippen molar-refractivity contribution < 1.29 is 4.79 Å². The van der Waals surface area contributed by atoms with Crippen LogP contribution in [0.25, 0.3) is 0 Å². The molecule has 0 radical (unpaired) electrons. The van der Waals surface area contributed by atoms with E-state index in [1.54, 1.807) is 0 Å². The minimum atomic E-state index is 0.0266. The predicted molar refractivity (Wildman–Crippen MR) is 86.3 cm³/mol. The van der Waals surface area contributed by atoms with Gasteiger partial charge in [-0.1, -0.05) is 13.0 Å². The van der Waals surface area contributed by atoms with Gasteiger partial charge in [-0.25, -0.2) is 0 Å². The average molecular weight is 302 g/mol. The monoisotopic (exact) mass is 302 g/mol. The molecule has 0 unspecified atom stereocenters. The van der Waals surface area contributed by atoms with Crippen molar-refractivity contribution >= 4 is 5.91 Å². The van der Waals surface area contributed by atoms with Crippen molar-refractivity contribution in [3.63, 3.8) is 0 Å². The Balaban J connectivity index is 1.48. The number of nitrogens with zero attached hydrogens (tertiary/aromatic N) is 2. The highest BCUT2D eigenvalue weighted by molar-refractivity contribution is 5.82. The number of pyridine rings is 1. The predicted octanol–water partition coefficient (Wildman–Crippen LogP) is 1.16. The van der Waals surface area contributed by atoms with E-state index in [2.05, 4.69) is 33.5 Å². The summed E-state index contributed by atoms with van der Waals surface area (Å²) in [7, 11) is 0. The standard InChI is InChI=1S/C17H26N4O/c1-13-11-21(12-14-5-2-3-8-18-14)10-7-15(13)20-17(22)16-6-4-9-19-16/h2-3,5,8,13,15-16,19H,4,6-7,9-12H2,1H3,(H,20,22)/t13-,15-,16+/m1/s1. The fourth-order valence-electron chi connectivity index (χ4n) is 3.50. The Morgan fingerprint density at radius 3 is 3.05 bits per heavy atom. The highest BCUT2D eigenvalue weighted by atomic mass is 16.2. The van der Waals surface area contributed by atoms with Gasteiger partial charge in [-0.05, 0) is 43.9 Å². The van der Waals surface area contributed by atoms with Crippen molar-refractivity contribution in [3.05, 3.63) is 30.1 Å². The maximum Gasteiger partial charge on any atom is 0.237 e. The smallest absolute Gasteiger partial charge is 0.237 e. The summed E-state index contributed by atoms with van der Waals surface area (Å²) in [6.45, 7) is 6.13. The number of rotatable bonds is 4. The minimum absolute atomic E-state index is 0.0266. The highest BCUT2D eigenvalue weighted by Crippen LogP contribution is 2.19. The topological polar surface area (TPSA) is 57.3 Å². The normalized spacial score (nSPS) is 29.4. The van der Waals surface area contributed by atoms with Gasteiger partial charge in [-0.2, -0.15) is 0 Å². The van der Waals surface area contributed by atoms with Crippen LogP contribution in [0.1, 0.15) is 31.9 Å². The van der Waals surface area contributed by atoms with Crippen LogP contribution in [0.5, 0.6) is 0 Å². The third-order valence-corrected chi connectivity index (χ3v) is 4.81. The molecule has 0 spiro atoms. The number of likely N-dealkylation sites (tertiary alicyclic amines) is 1. The van der Waals surface area contributed by atoms with Crippen LogP contribution in [0.4, 0.5) is 0 Å². The summed E-state index contributed by atoms with van der Waals surface area (Å²) in [6, 6.07) is 6.39. The van der Waals surface area contributed by atoms with Gasteiger partial charge in [0, 0.05) is 31.9 Å². The molecule has 3 rings (SSSR count). The third kappa shape index (κ3) is 3.84. The molecular weight excluding hydrogens is 276 g/mol. The lowest BCUT2D eigenvalue weighted by atomic mass is 9.93. The Hall–Kier alpha value is -1.46. The van der Waals surface area contributed by atoms with Crippen LogP contribution in [-0.2, 0) is 11.3 Å². The van der Waals surface area contributed by atoms with Crippen LogP contribution < -0.4 is 10.6 Å². The quantitative estimate of drug-likeness (QED) is 0.876. The Kier molecular flexibility index (Phi) is 5.05. The van der Waals surface area contributed by atoms with Gasteiger partial charge in [0.1, 0.15) is 0 Å². The minimum Gasteiger partial charge on any atom is -0.352 e. The van der Waals surface area contributed by atoms with Gasteiger partial charge in [0.15, 0.2) is 0 Å². The summed E-state index contributed by atoms with van der Waals surface area (Å²) < 4.78 is 0. The molecule has 0 saturated carbocycles. The largest absolute Gasteiger partial charge is 0.352 e. The molecule has 3 heterocycles. The lowest BCUT2D eigenvalue weighted by Crippen LogP contribution is -2.53. The summed E-state index contributed by atoms with van der Waals surface area (Å²) in [5, 5.41) is 6.52. The average Bonchev–Trinajstić information content (AvgIpc) is 3.05. The second kappa shape index (κ2) is 7.20. The molecule has 0 aliphatic carbocycles. The molecule has 22 heavy (non-hydrogen) atoms. The van der Waals surface area contributed by atoms with E-state index in [1.807, 2.05) is 18.3 Å². The second-order valence-corrected chi connectivity index (χ2v) is 6.59. The van der Waals surface area contributed by atoms with E-state index in [9.17, 15) is 4.79 Å². The molecule has 120 valence electrons. The number of hydrogen-bond acceptors (Lipinski definition) is 4. The first kappa shape index (κ1) is 15.4. The van der Waals surface area contributed by atoms with Crippen molar-refractivity contribution in [1.29, 1.82) is 0 Å². The van der Waals surface area contributed by atoms with Crippen molar-refractivity contribution in [1.82, 2.24) is 20.5 Å². The van der Waals surface area contributed by atoms with Crippen molar-refractivity contribution in [2.75, 3.05) is 19.6 Å². The second-order valence-electron chi connectivity index (χ2n) is 6.59. The SMILES string of the molecule is C[C@@H]1CN(Cc2ccccn2)CC[C@H]1NC(=O)[C@@H]1CCCN1. The molecule has 2 saturated heterocycles. The fourth-order valence-corrected chi connectivity index (χ4v) is 3.50. The number of carbonyl (C=O) groups excluding carboxylic acids is 1. The lowest BCUT2D eigenvalue weighted by Gasteiger charge is -2.37. The maximum atomic E-state index is 12.2. The Labute approximate surface area is 132 Å². The van der Waals surface area contributed by atoms with Crippen molar-refractivity contribution in [2.45, 2.75) is 44.8 Å². The van der Waals surface area contributed by atoms with Gasteiger partial charge in [0.05, 0.1) is 11.7 Å². The first-order chi connectivity index (χ1) is 10.7. The molecule has 3 atom stereocenters. The van der Waals surface area contributed by atoms with Gasteiger partial charge in [-0.3, -0.25) is 14.7 Å². The van der Waals surface area contributed by atoms with Crippen molar-refractivity contribution in [2.24, 2.45) is 5.92 Å². The third-order valence-electron chi connectivity index (χ3n) is 4.81. The number of nitrogens with one attached hydrogen (secondary N) is 2. The molecule has 2 aliphatic heterocycles. The molecular formula is C17H26N4O. The van der Waals surface area contributed by atoms with Crippen LogP contribution in [0.2, 0.25) is 0 Å². The zero-order chi connectivity index (χ0) is 15.4. The van der Waals surface area contributed by atoms with Crippen LogP contribution in [0.15, 0.2) is 24.4 Å². The van der Waals surface area contributed by atoms with E-state index in [0.717, 1.165) is 51.1 Å². The zero-order valence-electron chi connectivity index (χ0n) is 13.3. The molecule has 0 aromatic carbocycles. The van der Waals surface area contributed by atoms with Gasteiger partial charge in [0.2, 0.25) is 5.91 Å². The van der Waals surface area contributed by atoms with E-state index in [1.165, 1.54) is 0 Å². The summed E-state index contributed by atoms with van der Waals surface area (Å²) in [5.74, 6) is 0.662. The number of carbonyl (C=O) groups is 1. The van der Waals surface area contributed by atoms with E-state index >= 15 is 0 Å². The molecule has 1 aromatic rings. The van der Waals surface area contributed by atoms with E-state index in [0.29, 0.717) is 12.0 Å². The molecule has 1 amide bonds. The van der Waals surface area contributed by atoms with Crippen LogP contribution in [0, 0.1) is 5.92 Å². The number of aromatic nitrogens is 1. The molecule has 2 aliphatic rings. The molecule has 2 N–H and O–H groups in total. The molecule has 0 bridgehead atoms. The van der Waals surface area contributed by atoms with Gasteiger partial charge in [0.25, 0.3) is 0 Å². The summed E-state index contributed by atoms with van der Waals surface area (Å²) in [5.41, 5.74) is 1.12. The van der Waals surface area contributed by atoms with Gasteiger partial charge >= 0.3 is 0 Å². The van der Waals surface area contributed by atoms with Crippen LogP contribution in [-0.4, -0.2) is 47.5 Å². The Morgan fingerprint density at radius 1 is 1.45 bits per heavy atom. The van der Waals surface area contributed by atoms with Crippen LogP contribution >= 0.6 is 0 Å². The van der Waals surface area contributed by atoms with E-state index in [4.69, 9.17) is 0 Å². The molecule has 5 nitrogen and oxygen atoms in total. The number of amides is 1. The molecule has 2 fully saturated rings. The maximum absolute atomic E-state index is 12.2.